The van der Waals surface area contributed by atoms with E-state index in [1.807, 2.05) is 30.0 Å². The maximum atomic E-state index is 12.6. The number of carbonyl (C=O) groups is 1. The monoisotopic (exact) mass is 290 g/mol. The molecule has 3 nitrogen and oxygen atoms in total. The van der Waals surface area contributed by atoms with E-state index in [2.05, 4.69) is 23.6 Å². The molecule has 2 aliphatic rings. The van der Waals surface area contributed by atoms with Crippen LogP contribution in [-0.4, -0.2) is 29.5 Å². The fourth-order valence-electron chi connectivity index (χ4n) is 3.31. The van der Waals surface area contributed by atoms with Crippen LogP contribution in [0, 0.1) is 0 Å². The van der Waals surface area contributed by atoms with Crippen LogP contribution in [0.3, 0.4) is 0 Å². The maximum absolute atomic E-state index is 12.6. The number of benzene rings is 1. The molecule has 1 heterocycles. The van der Waals surface area contributed by atoms with Crippen LogP contribution in [0.5, 0.6) is 0 Å². The molecule has 1 aromatic carbocycles. The van der Waals surface area contributed by atoms with E-state index in [1.54, 1.807) is 0 Å². The van der Waals surface area contributed by atoms with Gasteiger partial charge >= 0.3 is 0 Å². The van der Waals surface area contributed by atoms with Crippen LogP contribution in [-0.2, 0) is 4.79 Å². The van der Waals surface area contributed by atoms with Crippen molar-refractivity contribution in [2.24, 2.45) is 0 Å². The zero-order chi connectivity index (χ0) is 13.9. The molecule has 4 heteroatoms. The van der Waals surface area contributed by atoms with Gasteiger partial charge in [-0.05, 0) is 30.2 Å². The van der Waals surface area contributed by atoms with E-state index < -0.39 is 0 Å². The third kappa shape index (κ3) is 2.66. The number of nitrogens with one attached hydrogen (secondary N) is 2. The molecule has 0 spiro atoms. The van der Waals surface area contributed by atoms with Crippen LogP contribution in [0.4, 0.5) is 5.69 Å². The molecule has 3 unspecified atom stereocenters. The molecule has 1 saturated carbocycles. The molecule has 1 aliphatic carbocycles. The van der Waals surface area contributed by atoms with Crippen molar-refractivity contribution in [1.82, 2.24) is 5.32 Å². The number of fused-ring (bicyclic) bond motifs is 1. The summed E-state index contributed by atoms with van der Waals surface area (Å²) in [4.78, 5) is 12.6. The van der Waals surface area contributed by atoms with Gasteiger partial charge < -0.3 is 10.6 Å². The Labute approximate surface area is 124 Å². The minimum atomic E-state index is -0.0286. The number of hydrogen-bond donors (Lipinski definition) is 2. The average Bonchev–Trinajstić information content (AvgIpc) is 3.06. The lowest BCUT2D eigenvalue weighted by molar-refractivity contribution is -0.122. The van der Waals surface area contributed by atoms with Gasteiger partial charge in [-0.25, -0.2) is 0 Å². The maximum Gasteiger partial charge on any atom is 0.229 e. The van der Waals surface area contributed by atoms with Crippen LogP contribution in [0.15, 0.2) is 24.3 Å². The zero-order valence-corrected chi connectivity index (χ0v) is 12.7. The Hall–Kier alpha value is -1.16. The molecule has 3 atom stereocenters. The summed E-state index contributed by atoms with van der Waals surface area (Å²) in [5, 5.41) is 7.23. The summed E-state index contributed by atoms with van der Waals surface area (Å²) in [6.45, 7) is 2.92. The van der Waals surface area contributed by atoms with Gasteiger partial charge in [0, 0.05) is 23.5 Å². The smallest absolute Gasteiger partial charge is 0.229 e. The van der Waals surface area contributed by atoms with Crippen molar-refractivity contribution in [3.8, 4) is 0 Å². The Morgan fingerprint density at radius 1 is 1.40 bits per heavy atom. The van der Waals surface area contributed by atoms with Crippen LogP contribution in [0.1, 0.15) is 37.7 Å². The first-order chi connectivity index (χ1) is 9.79. The summed E-state index contributed by atoms with van der Waals surface area (Å²) in [6, 6.07) is 8.50. The van der Waals surface area contributed by atoms with E-state index in [0.29, 0.717) is 11.3 Å². The van der Waals surface area contributed by atoms with Gasteiger partial charge in [0.15, 0.2) is 0 Å². The van der Waals surface area contributed by atoms with E-state index >= 15 is 0 Å². The minimum absolute atomic E-state index is 0.0286. The first kappa shape index (κ1) is 13.8. The lowest BCUT2D eigenvalue weighted by atomic mass is 10.00. The Kier molecular flexibility index (Phi) is 4.20. The molecule has 1 fully saturated rings. The summed E-state index contributed by atoms with van der Waals surface area (Å²) in [5.41, 5.74) is 2.25. The molecule has 3 rings (SSSR count). The Balaban J connectivity index is 1.66. The number of rotatable bonds is 4. The topological polar surface area (TPSA) is 41.1 Å². The van der Waals surface area contributed by atoms with Gasteiger partial charge in [0.25, 0.3) is 0 Å². The molecule has 1 aromatic rings. The molecule has 0 bridgehead atoms. The Morgan fingerprint density at radius 2 is 2.25 bits per heavy atom. The van der Waals surface area contributed by atoms with Crippen LogP contribution >= 0.6 is 11.8 Å². The molecule has 20 heavy (non-hydrogen) atoms. The van der Waals surface area contributed by atoms with Crippen molar-refractivity contribution in [2.45, 2.75) is 43.4 Å². The van der Waals surface area contributed by atoms with E-state index in [9.17, 15) is 4.79 Å². The molecule has 2 N–H and O–H groups in total. The quantitative estimate of drug-likeness (QED) is 0.895. The van der Waals surface area contributed by atoms with Crippen molar-refractivity contribution in [2.75, 3.05) is 17.6 Å². The lowest BCUT2D eigenvalue weighted by Gasteiger charge is -2.22. The molecule has 1 amide bonds. The highest BCUT2D eigenvalue weighted by Gasteiger charge is 2.33. The van der Waals surface area contributed by atoms with Gasteiger partial charge in [-0.3, -0.25) is 4.79 Å². The number of anilines is 1. The lowest BCUT2D eigenvalue weighted by Crippen LogP contribution is -2.41. The molecular weight excluding hydrogens is 268 g/mol. The van der Waals surface area contributed by atoms with Crippen molar-refractivity contribution in [3.05, 3.63) is 29.8 Å². The molecule has 108 valence electrons. The number of para-hydroxylation sites is 1. The summed E-state index contributed by atoms with van der Waals surface area (Å²) in [7, 11) is 0. The molecular formula is C16H22N2OS. The second-order valence-corrected chi connectivity index (χ2v) is 7.08. The first-order valence-electron chi connectivity index (χ1n) is 7.54. The van der Waals surface area contributed by atoms with E-state index in [1.165, 1.54) is 12.8 Å². The Morgan fingerprint density at radius 3 is 3.10 bits per heavy atom. The number of hydrogen-bond acceptors (Lipinski definition) is 3. The predicted molar refractivity (Wildman–Crippen MR) is 85.4 cm³/mol. The van der Waals surface area contributed by atoms with E-state index in [4.69, 9.17) is 0 Å². The van der Waals surface area contributed by atoms with Gasteiger partial charge in [-0.15, -0.1) is 0 Å². The van der Waals surface area contributed by atoms with Crippen LogP contribution < -0.4 is 10.6 Å². The molecule has 0 saturated heterocycles. The summed E-state index contributed by atoms with van der Waals surface area (Å²) in [6.07, 6.45) is 3.61. The minimum Gasteiger partial charge on any atom is -0.384 e. The van der Waals surface area contributed by atoms with Gasteiger partial charge in [0.05, 0.1) is 5.92 Å². The summed E-state index contributed by atoms with van der Waals surface area (Å²) in [5.74, 6) is 1.29. The number of amides is 1. The highest BCUT2D eigenvalue weighted by Crippen LogP contribution is 2.33. The Bertz CT molecular complexity index is 491. The SMILES string of the molecule is CCSC1CCCC1NC(=O)C1CNc2ccccc21. The first-order valence-corrected chi connectivity index (χ1v) is 8.59. The third-order valence-electron chi connectivity index (χ3n) is 4.31. The van der Waals surface area contributed by atoms with E-state index in [-0.39, 0.29) is 11.8 Å². The average molecular weight is 290 g/mol. The number of carbonyl (C=O) groups excluding carboxylic acids is 1. The highest BCUT2D eigenvalue weighted by atomic mass is 32.2. The standard InChI is InChI=1S/C16H22N2OS/c1-2-20-15-9-5-8-14(15)18-16(19)12-10-17-13-7-4-3-6-11(12)13/h3-4,6-7,12,14-15,17H,2,5,8-10H2,1H3,(H,18,19). The fraction of sp³-hybridized carbons (Fsp3) is 0.562. The molecule has 0 radical (unpaired) electrons. The van der Waals surface area contributed by atoms with Crippen molar-refractivity contribution >= 4 is 23.4 Å². The van der Waals surface area contributed by atoms with Gasteiger partial charge in [0.2, 0.25) is 5.91 Å². The van der Waals surface area contributed by atoms with Crippen LogP contribution in [0.2, 0.25) is 0 Å². The fourth-order valence-corrected chi connectivity index (χ4v) is 4.50. The van der Waals surface area contributed by atoms with E-state index in [0.717, 1.165) is 30.0 Å². The van der Waals surface area contributed by atoms with Crippen molar-refractivity contribution < 1.29 is 4.79 Å². The van der Waals surface area contributed by atoms with Gasteiger partial charge in [0.1, 0.15) is 0 Å². The van der Waals surface area contributed by atoms with Crippen molar-refractivity contribution in [3.63, 3.8) is 0 Å². The number of thioether (sulfide) groups is 1. The summed E-state index contributed by atoms with van der Waals surface area (Å²) >= 11 is 1.99. The van der Waals surface area contributed by atoms with Gasteiger partial charge in [-0.2, -0.15) is 11.8 Å². The second-order valence-electron chi connectivity index (χ2n) is 5.56. The second kappa shape index (κ2) is 6.08. The predicted octanol–water partition coefficient (Wildman–Crippen LogP) is 2.99. The molecule has 0 aromatic heterocycles. The highest BCUT2D eigenvalue weighted by molar-refractivity contribution is 7.99. The summed E-state index contributed by atoms with van der Waals surface area (Å²) < 4.78 is 0. The third-order valence-corrected chi connectivity index (χ3v) is 5.64. The largest absolute Gasteiger partial charge is 0.384 e. The zero-order valence-electron chi connectivity index (χ0n) is 11.9. The van der Waals surface area contributed by atoms with Crippen LogP contribution in [0.25, 0.3) is 0 Å². The normalized spacial score (nSPS) is 27.9. The van der Waals surface area contributed by atoms with Crippen molar-refractivity contribution in [1.29, 1.82) is 0 Å². The molecule has 1 aliphatic heterocycles. The van der Waals surface area contributed by atoms with Gasteiger partial charge in [-0.1, -0.05) is 31.5 Å².